The van der Waals surface area contributed by atoms with Crippen molar-refractivity contribution in [1.82, 2.24) is 9.80 Å². The Morgan fingerprint density at radius 3 is 2.95 bits per heavy atom. The zero-order valence-electron chi connectivity index (χ0n) is 11.9. The summed E-state index contributed by atoms with van der Waals surface area (Å²) in [6, 6.07) is 4.03. The molecular formula is C15H22N2O2S. The van der Waals surface area contributed by atoms with Crippen LogP contribution in [0.3, 0.4) is 0 Å². The average Bonchev–Trinajstić information content (AvgIpc) is 2.89. The van der Waals surface area contributed by atoms with Crippen molar-refractivity contribution in [2.24, 2.45) is 0 Å². The topological polar surface area (TPSA) is 43.8 Å². The van der Waals surface area contributed by atoms with E-state index in [0.29, 0.717) is 32.7 Å². The average molecular weight is 294 g/mol. The van der Waals surface area contributed by atoms with Gasteiger partial charge in [-0.15, -0.1) is 17.9 Å². The van der Waals surface area contributed by atoms with E-state index in [-0.39, 0.29) is 5.91 Å². The number of amides is 1. The van der Waals surface area contributed by atoms with E-state index in [9.17, 15) is 9.90 Å². The van der Waals surface area contributed by atoms with Gasteiger partial charge in [0.15, 0.2) is 0 Å². The number of aliphatic hydroxyl groups is 1. The Balaban J connectivity index is 1.86. The highest BCUT2D eigenvalue weighted by molar-refractivity contribution is 7.09. The first-order valence-electron chi connectivity index (χ1n) is 6.92. The van der Waals surface area contributed by atoms with Gasteiger partial charge in [-0.3, -0.25) is 9.69 Å². The highest BCUT2D eigenvalue weighted by Crippen LogP contribution is 2.23. The second-order valence-corrected chi connectivity index (χ2v) is 6.40. The lowest BCUT2D eigenvalue weighted by molar-refractivity contribution is -0.142. The van der Waals surface area contributed by atoms with Crippen LogP contribution in [0, 0.1) is 0 Å². The summed E-state index contributed by atoms with van der Waals surface area (Å²) in [5.74, 6) is 0.0939. The molecule has 1 aliphatic heterocycles. The van der Waals surface area contributed by atoms with Crippen LogP contribution >= 0.6 is 11.3 Å². The van der Waals surface area contributed by atoms with Crippen LogP contribution in [-0.4, -0.2) is 52.6 Å². The Morgan fingerprint density at radius 2 is 2.40 bits per heavy atom. The summed E-state index contributed by atoms with van der Waals surface area (Å²) in [5, 5.41) is 12.0. The van der Waals surface area contributed by atoms with Crippen LogP contribution in [0.1, 0.15) is 18.2 Å². The third-order valence-electron chi connectivity index (χ3n) is 3.68. The van der Waals surface area contributed by atoms with Gasteiger partial charge in [-0.05, 0) is 17.9 Å². The number of carbonyl (C=O) groups excluding carboxylic acids is 1. The van der Waals surface area contributed by atoms with Gasteiger partial charge in [0.2, 0.25) is 5.91 Å². The molecule has 4 nitrogen and oxygen atoms in total. The Morgan fingerprint density at radius 1 is 1.65 bits per heavy atom. The van der Waals surface area contributed by atoms with E-state index in [1.54, 1.807) is 17.4 Å². The van der Waals surface area contributed by atoms with Crippen molar-refractivity contribution in [3.63, 3.8) is 0 Å². The van der Waals surface area contributed by atoms with Crippen molar-refractivity contribution in [2.75, 3.05) is 26.2 Å². The molecule has 1 fully saturated rings. The van der Waals surface area contributed by atoms with Crippen LogP contribution in [0.4, 0.5) is 0 Å². The number of likely N-dealkylation sites (tertiary alicyclic amines) is 1. The van der Waals surface area contributed by atoms with Gasteiger partial charge in [0.25, 0.3) is 0 Å². The molecule has 1 aromatic heterocycles. The molecule has 1 amide bonds. The third kappa shape index (κ3) is 3.69. The van der Waals surface area contributed by atoms with Gasteiger partial charge in [0.05, 0.1) is 18.7 Å². The van der Waals surface area contributed by atoms with Crippen molar-refractivity contribution >= 4 is 17.2 Å². The van der Waals surface area contributed by atoms with Crippen molar-refractivity contribution in [3.8, 4) is 0 Å². The molecule has 0 spiro atoms. The molecule has 0 unspecified atom stereocenters. The molecule has 2 rings (SSSR count). The molecule has 1 N–H and O–H groups in total. The SMILES string of the molecule is C=CCN(Cc1cccs1)C(=O)CN1CC(O)(CC)C1. The van der Waals surface area contributed by atoms with E-state index < -0.39 is 5.60 Å². The largest absolute Gasteiger partial charge is 0.387 e. The van der Waals surface area contributed by atoms with Gasteiger partial charge < -0.3 is 10.0 Å². The summed E-state index contributed by atoms with van der Waals surface area (Å²) in [6.07, 6.45) is 2.49. The van der Waals surface area contributed by atoms with Gasteiger partial charge in [-0.2, -0.15) is 0 Å². The maximum atomic E-state index is 12.3. The Labute approximate surface area is 124 Å². The van der Waals surface area contributed by atoms with E-state index in [1.807, 2.05) is 34.2 Å². The summed E-state index contributed by atoms with van der Waals surface area (Å²) in [5.41, 5.74) is -0.586. The summed E-state index contributed by atoms with van der Waals surface area (Å²) < 4.78 is 0. The van der Waals surface area contributed by atoms with Crippen molar-refractivity contribution < 1.29 is 9.90 Å². The molecule has 0 aliphatic carbocycles. The lowest BCUT2D eigenvalue weighted by atomic mass is 9.91. The standard InChI is InChI=1S/C15H22N2O2S/c1-3-7-17(9-13-6-5-8-20-13)14(18)10-16-11-15(19,4-2)12-16/h3,5-6,8,19H,1,4,7,9-12H2,2H3. The number of hydrogen-bond acceptors (Lipinski definition) is 4. The monoisotopic (exact) mass is 294 g/mol. The smallest absolute Gasteiger partial charge is 0.237 e. The number of nitrogens with zero attached hydrogens (tertiary/aromatic N) is 2. The van der Waals surface area contributed by atoms with Crippen molar-refractivity contribution in [3.05, 3.63) is 35.0 Å². The first-order chi connectivity index (χ1) is 9.56. The molecule has 0 atom stereocenters. The van der Waals surface area contributed by atoms with Crippen LogP contribution in [0.2, 0.25) is 0 Å². The molecule has 1 aromatic rings. The van der Waals surface area contributed by atoms with E-state index in [0.717, 1.165) is 6.42 Å². The molecule has 1 aliphatic rings. The van der Waals surface area contributed by atoms with Crippen LogP contribution in [0.25, 0.3) is 0 Å². The van der Waals surface area contributed by atoms with E-state index in [1.165, 1.54) is 4.88 Å². The first kappa shape index (κ1) is 15.2. The summed E-state index contributed by atoms with van der Waals surface area (Å²) in [7, 11) is 0. The van der Waals surface area contributed by atoms with Crippen LogP contribution in [0.15, 0.2) is 30.2 Å². The highest BCUT2D eigenvalue weighted by Gasteiger charge is 2.40. The summed E-state index contributed by atoms with van der Waals surface area (Å²) >= 11 is 1.65. The highest BCUT2D eigenvalue weighted by atomic mass is 32.1. The van der Waals surface area contributed by atoms with E-state index >= 15 is 0 Å². The maximum absolute atomic E-state index is 12.3. The molecule has 0 aromatic carbocycles. The molecule has 110 valence electrons. The zero-order chi connectivity index (χ0) is 14.6. The van der Waals surface area contributed by atoms with Gasteiger partial charge in [-0.25, -0.2) is 0 Å². The Kier molecular flexibility index (Phi) is 4.96. The summed E-state index contributed by atoms with van der Waals surface area (Å²) in [6.45, 7) is 8.44. The third-order valence-corrected chi connectivity index (χ3v) is 4.54. The molecule has 1 saturated heterocycles. The maximum Gasteiger partial charge on any atom is 0.237 e. The normalized spacial score (nSPS) is 17.5. The lowest BCUT2D eigenvalue weighted by Gasteiger charge is -2.46. The zero-order valence-corrected chi connectivity index (χ0v) is 12.7. The molecule has 20 heavy (non-hydrogen) atoms. The fourth-order valence-electron chi connectivity index (χ4n) is 2.41. The van der Waals surface area contributed by atoms with E-state index in [2.05, 4.69) is 6.58 Å². The fraction of sp³-hybridized carbons (Fsp3) is 0.533. The predicted octanol–water partition coefficient (Wildman–Crippen LogP) is 1.72. The number of carbonyl (C=O) groups is 1. The minimum absolute atomic E-state index is 0.0939. The number of hydrogen-bond donors (Lipinski definition) is 1. The van der Waals surface area contributed by atoms with Crippen LogP contribution in [-0.2, 0) is 11.3 Å². The summed E-state index contributed by atoms with van der Waals surface area (Å²) in [4.78, 5) is 17.3. The minimum Gasteiger partial charge on any atom is -0.387 e. The second kappa shape index (κ2) is 6.52. The van der Waals surface area contributed by atoms with Crippen molar-refractivity contribution in [1.29, 1.82) is 0 Å². The molecular weight excluding hydrogens is 272 g/mol. The Bertz CT molecular complexity index is 452. The molecule has 0 saturated carbocycles. The van der Waals surface area contributed by atoms with Crippen molar-refractivity contribution in [2.45, 2.75) is 25.5 Å². The van der Waals surface area contributed by atoms with Crippen LogP contribution in [0.5, 0.6) is 0 Å². The van der Waals surface area contributed by atoms with E-state index in [4.69, 9.17) is 0 Å². The molecule has 0 radical (unpaired) electrons. The quantitative estimate of drug-likeness (QED) is 0.779. The molecule has 2 heterocycles. The fourth-order valence-corrected chi connectivity index (χ4v) is 3.13. The van der Waals surface area contributed by atoms with Gasteiger partial charge >= 0.3 is 0 Å². The number of rotatable bonds is 7. The minimum atomic E-state index is -0.586. The number of thiophene rings is 1. The predicted molar refractivity (Wildman–Crippen MR) is 81.6 cm³/mol. The van der Waals surface area contributed by atoms with Gasteiger partial charge in [0.1, 0.15) is 0 Å². The van der Waals surface area contributed by atoms with Gasteiger partial charge in [0, 0.05) is 24.5 Å². The molecule has 0 bridgehead atoms. The van der Waals surface area contributed by atoms with Gasteiger partial charge in [-0.1, -0.05) is 19.1 Å². The first-order valence-corrected chi connectivity index (χ1v) is 7.80. The Hall–Kier alpha value is -1.17. The van der Waals surface area contributed by atoms with Crippen LogP contribution < -0.4 is 0 Å². The lowest BCUT2D eigenvalue weighted by Crippen LogP contribution is -2.63. The molecule has 5 heteroatoms. The second-order valence-electron chi connectivity index (χ2n) is 5.37. The number of β-amino-alcohol motifs (C(OH)–C–C–N with tert-alkyl or cyclic N) is 1.